The molecule has 1 fully saturated rings. The highest BCUT2D eigenvalue weighted by Crippen LogP contribution is 2.26. The number of benzene rings is 1. The molecule has 19 heavy (non-hydrogen) atoms. The zero-order valence-electron chi connectivity index (χ0n) is 12.0. The number of aryl methyl sites for hydroxylation is 1. The van der Waals surface area contributed by atoms with E-state index in [2.05, 4.69) is 34.2 Å². The van der Waals surface area contributed by atoms with Gasteiger partial charge < -0.3 is 10.2 Å². The van der Waals surface area contributed by atoms with Crippen LogP contribution in [0.4, 0.5) is 5.69 Å². The van der Waals surface area contributed by atoms with Crippen LogP contribution in [0.5, 0.6) is 0 Å². The number of anilines is 1. The first kappa shape index (κ1) is 14.5. The molecule has 3 nitrogen and oxygen atoms in total. The number of carbonyl (C=O) groups excluding carboxylic acids is 1. The van der Waals surface area contributed by atoms with E-state index in [1.54, 1.807) is 0 Å². The summed E-state index contributed by atoms with van der Waals surface area (Å²) in [6, 6.07) is 6.42. The predicted molar refractivity (Wildman–Crippen MR) is 82.5 cm³/mol. The average Bonchev–Trinajstić information content (AvgIpc) is 2.41. The van der Waals surface area contributed by atoms with Crippen LogP contribution in [-0.4, -0.2) is 24.0 Å². The Balaban J connectivity index is 2.36. The monoisotopic (exact) mass is 324 g/mol. The normalized spacial score (nSPS) is 23.3. The van der Waals surface area contributed by atoms with Gasteiger partial charge in [0.2, 0.25) is 5.91 Å². The van der Waals surface area contributed by atoms with Crippen molar-refractivity contribution in [2.24, 2.45) is 0 Å². The second-order valence-electron chi connectivity index (χ2n) is 5.85. The van der Waals surface area contributed by atoms with Crippen LogP contribution in [0.2, 0.25) is 0 Å². The summed E-state index contributed by atoms with van der Waals surface area (Å²) in [5.41, 5.74) is 1.61. The molecule has 1 N–H and O–H groups in total. The molecule has 1 unspecified atom stereocenters. The van der Waals surface area contributed by atoms with Gasteiger partial charge in [0.15, 0.2) is 0 Å². The van der Waals surface area contributed by atoms with Gasteiger partial charge in [-0.1, -0.05) is 15.9 Å². The molecule has 0 radical (unpaired) electrons. The Kier molecular flexibility index (Phi) is 4.02. The lowest BCUT2D eigenvalue weighted by atomic mass is 10.0. The van der Waals surface area contributed by atoms with E-state index >= 15 is 0 Å². The van der Waals surface area contributed by atoms with E-state index in [-0.39, 0.29) is 5.91 Å². The van der Waals surface area contributed by atoms with Gasteiger partial charge in [-0.25, -0.2) is 0 Å². The van der Waals surface area contributed by atoms with Crippen molar-refractivity contribution in [3.05, 3.63) is 28.2 Å². The van der Waals surface area contributed by atoms with Gasteiger partial charge in [0, 0.05) is 22.7 Å². The number of carbonyl (C=O) groups is 1. The maximum absolute atomic E-state index is 12.7. The minimum absolute atomic E-state index is 0.138. The SMILES string of the molecule is Cc1cc(N2CCC(C)NC(C)(C)C2=O)ccc1Br. The molecule has 1 aromatic rings. The van der Waals surface area contributed by atoms with Crippen molar-refractivity contribution in [2.75, 3.05) is 11.4 Å². The first-order chi connectivity index (χ1) is 8.81. The van der Waals surface area contributed by atoms with Crippen LogP contribution in [0.25, 0.3) is 0 Å². The van der Waals surface area contributed by atoms with Gasteiger partial charge in [0.1, 0.15) is 0 Å². The molecule has 1 aliphatic rings. The number of rotatable bonds is 1. The Bertz CT molecular complexity index is 499. The van der Waals surface area contributed by atoms with Crippen molar-refractivity contribution in [2.45, 2.75) is 45.7 Å². The standard InChI is InChI=1S/C15H21BrN2O/c1-10-9-12(5-6-13(10)16)18-8-7-11(2)17-15(3,4)14(18)19/h5-6,9,11,17H,7-8H2,1-4H3. The average molecular weight is 325 g/mol. The lowest BCUT2D eigenvalue weighted by molar-refractivity contribution is -0.123. The van der Waals surface area contributed by atoms with Crippen molar-refractivity contribution in [1.29, 1.82) is 0 Å². The maximum atomic E-state index is 12.7. The summed E-state index contributed by atoms with van der Waals surface area (Å²) in [6.45, 7) is 8.84. The van der Waals surface area contributed by atoms with Gasteiger partial charge in [-0.2, -0.15) is 0 Å². The van der Waals surface area contributed by atoms with Gasteiger partial charge in [0.05, 0.1) is 5.54 Å². The van der Waals surface area contributed by atoms with E-state index < -0.39 is 5.54 Å². The molecule has 1 heterocycles. The Morgan fingerprint density at radius 3 is 2.74 bits per heavy atom. The molecule has 0 bridgehead atoms. The second-order valence-corrected chi connectivity index (χ2v) is 6.70. The first-order valence-corrected chi connectivity index (χ1v) is 7.46. The van der Waals surface area contributed by atoms with Crippen LogP contribution in [0.15, 0.2) is 22.7 Å². The smallest absolute Gasteiger partial charge is 0.246 e. The molecule has 1 atom stereocenters. The number of halogens is 1. The van der Waals surface area contributed by atoms with Gasteiger partial charge >= 0.3 is 0 Å². The van der Waals surface area contributed by atoms with E-state index in [1.165, 1.54) is 0 Å². The minimum Gasteiger partial charge on any atom is -0.311 e. The van der Waals surface area contributed by atoms with Gasteiger partial charge in [-0.15, -0.1) is 0 Å². The minimum atomic E-state index is -0.517. The van der Waals surface area contributed by atoms with Crippen molar-refractivity contribution in [1.82, 2.24) is 5.32 Å². The lowest BCUT2D eigenvalue weighted by Crippen LogP contribution is -2.53. The molecule has 0 saturated carbocycles. The third-order valence-electron chi connectivity index (χ3n) is 3.63. The van der Waals surface area contributed by atoms with E-state index in [1.807, 2.05) is 37.8 Å². The number of nitrogens with one attached hydrogen (secondary N) is 1. The number of amides is 1. The topological polar surface area (TPSA) is 32.3 Å². The second kappa shape index (κ2) is 5.25. The van der Waals surface area contributed by atoms with Crippen LogP contribution >= 0.6 is 15.9 Å². The molecule has 104 valence electrons. The lowest BCUT2D eigenvalue weighted by Gasteiger charge is -2.30. The van der Waals surface area contributed by atoms with E-state index in [9.17, 15) is 4.79 Å². The Morgan fingerprint density at radius 2 is 2.11 bits per heavy atom. The van der Waals surface area contributed by atoms with Gasteiger partial charge in [-0.05, 0) is 57.9 Å². The molecular formula is C15H21BrN2O. The van der Waals surface area contributed by atoms with E-state index in [4.69, 9.17) is 0 Å². The molecule has 0 spiro atoms. The summed E-state index contributed by atoms with van der Waals surface area (Å²) in [7, 11) is 0. The Hall–Kier alpha value is -0.870. The molecule has 0 aromatic heterocycles. The number of hydrogen-bond donors (Lipinski definition) is 1. The molecular weight excluding hydrogens is 304 g/mol. The number of nitrogens with zero attached hydrogens (tertiary/aromatic N) is 1. The fraction of sp³-hybridized carbons (Fsp3) is 0.533. The molecule has 4 heteroatoms. The highest BCUT2D eigenvalue weighted by atomic mass is 79.9. The Morgan fingerprint density at radius 1 is 1.42 bits per heavy atom. The molecule has 0 aliphatic carbocycles. The van der Waals surface area contributed by atoms with Gasteiger partial charge in [0.25, 0.3) is 0 Å². The molecule has 1 amide bonds. The zero-order chi connectivity index (χ0) is 14.2. The highest BCUT2D eigenvalue weighted by Gasteiger charge is 2.36. The fourth-order valence-electron chi connectivity index (χ4n) is 2.55. The highest BCUT2D eigenvalue weighted by molar-refractivity contribution is 9.10. The largest absolute Gasteiger partial charge is 0.311 e. The van der Waals surface area contributed by atoms with Gasteiger partial charge in [-0.3, -0.25) is 4.79 Å². The third kappa shape index (κ3) is 3.00. The van der Waals surface area contributed by atoms with E-state index in [0.717, 1.165) is 28.7 Å². The van der Waals surface area contributed by atoms with Crippen LogP contribution < -0.4 is 10.2 Å². The third-order valence-corrected chi connectivity index (χ3v) is 4.52. The zero-order valence-corrected chi connectivity index (χ0v) is 13.5. The fourth-order valence-corrected chi connectivity index (χ4v) is 2.80. The summed E-state index contributed by atoms with van der Waals surface area (Å²) in [5.74, 6) is 0.138. The maximum Gasteiger partial charge on any atom is 0.246 e. The summed E-state index contributed by atoms with van der Waals surface area (Å²) in [6.07, 6.45) is 0.963. The quantitative estimate of drug-likeness (QED) is 0.860. The van der Waals surface area contributed by atoms with Crippen molar-refractivity contribution < 1.29 is 4.79 Å². The predicted octanol–water partition coefficient (Wildman–Crippen LogP) is 3.25. The van der Waals surface area contributed by atoms with E-state index in [0.29, 0.717) is 6.04 Å². The summed E-state index contributed by atoms with van der Waals surface area (Å²) >= 11 is 3.50. The first-order valence-electron chi connectivity index (χ1n) is 6.67. The number of hydrogen-bond acceptors (Lipinski definition) is 2. The molecule has 1 saturated heterocycles. The van der Waals surface area contributed by atoms with Crippen LogP contribution in [0, 0.1) is 6.92 Å². The Labute approximate surface area is 123 Å². The van der Waals surface area contributed by atoms with Crippen LogP contribution in [-0.2, 0) is 4.79 Å². The summed E-state index contributed by atoms with van der Waals surface area (Å²) in [5, 5.41) is 3.39. The van der Waals surface area contributed by atoms with Crippen LogP contribution in [0.1, 0.15) is 32.8 Å². The van der Waals surface area contributed by atoms with Crippen molar-refractivity contribution in [3.8, 4) is 0 Å². The summed E-state index contributed by atoms with van der Waals surface area (Å²) in [4.78, 5) is 14.6. The molecule has 1 aromatic carbocycles. The summed E-state index contributed by atoms with van der Waals surface area (Å²) < 4.78 is 1.07. The van der Waals surface area contributed by atoms with Crippen LogP contribution in [0.3, 0.4) is 0 Å². The van der Waals surface area contributed by atoms with Crippen molar-refractivity contribution in [3.63, 3.8) is 0 Å². The molecule has 2 rings (SSSR count). The molecule has 1 aliphatic heterocycles. The van der Waals surface area contributed by atoms with Crippen molar-refractivity contribution >= 4 is 27.5 Å².